The molecule has 7 nitrogen and oxygen atoms in total. The summed E-state index contributed by atoms with van der Waals surface area (Å²) in [5, 5.41) is 0.629. The quantitative estimate of drug-likeness (QED) is 0.484. The highest BCUT2D eigenvalue weighted by Crippen LogP contribution is 2.22. The number of rotatable bonds is 3. The van der Waals surface area contributed by atoms with Crippen LogP contribution in [0.4, 0.5) is 4.79 Å². The van der Waals surface area contributed by atoms with Crippen LogP contribution in [0.2, 0.25) is 0 Å². The van der Waals surface area contributed by atoms with Crippen LogP contribution < -0.4 is 5.63 Å². The van der Waals surface area contributed by atoms with Crippen molar-refractivity contribution >= 4 is 28.8 Å². The maximum Gasteiger partial charge on any atom is 0.336 e. The van der Waals surface area contributed by atoms with Gasteiger partial charge in [0.2, 0.25) is 0 Å². The van der Waals surface area contributed by atoms with E-state index in [0.717, 1.165) is 21.8 Å². The Morgan fingerprint density at radius 2 is 1.78 bits per heavy atom. The molecule has 1 fully saturated rings. The second-order valence-corrected chi connectivity index (χ2v) is 5.31. The third-order valence-corrected chi connectivity index (χ3v) is 3.88. The van der Waals surface area contributed by atoms with E-state index in [1.54, 1.807) is 12.1 Å². The van der Waals surface area contributed by atoms with Crippen LogP contribution in [0.5, 0.6) is 0 Å². The summed E-state index contributed by atoms with van der Waals surface area (Å²) in [5.74, 6) is -1.78. The van der Waals surface area contributed by atoms with Gasteiger partial charge in [-0.05, 0) is 23.6 Å². The SMILES string of the molecule is CCc1ccc2c(CN3C(=O)C(=O)N(C)C3=O)cc(=O)oc2c1. The van der Waals surface area contributed by atoms with Crippen LogP contribution in [0.25, 0.3) is 11.0 Å². The molecule has 0 radical (unpaired) electrons. The number of carbonyl (C=O) groups is 3. The van der Waals surface area contributed by atoms with E-state index in [0.29, 0.717) is 16.5 Å². The maximum atomic E-state index is 12.0. The fourth-order valence-electron chi connectivity index (χ4n) is 2.55. The fraction of sp³-hybridized carbons (Fsp3) is 0.250. The van der Waals surface area contributed by atoms with Crippen molar-refractivity contribution in [3.63, 3.8) is 0 Å². The van der Waals surface area contributed by atoms with Crippen molar-refractivity contribution in [1.82, 2.24) is 9.80 Å². The Balaban J connectivity index is 2.07. The Morgan fingerprint density at radius 3 is 2.39 bits per heavy atom. The molecule has 1 aliphatic rings. The molecule has 2 heterocycles. The number of nitrogens with zero attached hydrogens (tertiary/aromatic N) is 2. The first kappa shape index (κ1) is 15.0. The minimum atomic E-state index is -0.899. The van der Waals surface area contributed by atoms with Crippen LogP contribution in [-0.2, 0) is 22.6 Å². The molecule has 0 aliphatic carbocycles. The summed E-state index contributed by atoms with van der Waals surface area (Å²) in [6, 6.07) is 5.95. The van der Waals surface area contributed by atoms with Crippen molar-refractivity contribution < 1.29 is 18.8 Å². The van der Waals surface area contributed by atoms with Gasteiger partial charge < -0.3 is 4.42 Å². The molecule has 7 heteroatoms. The summed E-state index contributed by atoms with van der Waals surface area (Å²) < 4.78 is 5.18. The number of hydrogen-bond acceptors (Lipinski definition) is 5. The number of fused-ring (bicyclic) bond motifs is 1. The van der Waals surface area contributed by atoms with Gasteiger partial charge in [0.25, 0.3) is 0 Å². The highest BCUT2D eigenvalue weighted by atomic mass is 16.4. The van der Waals surface area contributed by atoms with E-state index in [1.165, 1.54) is 13.1 Å². The summed E-state index contributed by atoms with van der Waals surface area (Å²) in [7, 11) is 1.24. The highest BCUT2D eigenvalue weighted by molar-refractivity contribution is 6.44. The molecule has 0 saturated carbocycles. The van der Waals surface area contributed by atoms with Gasteiger partial charge in [0, 0.05) is 18.5 Å². The van der Waals surface area contributed by atoms with Gasteiger partial charge in [0.15, 0.2) is 0 Å². The molecule has 0 spiro atoms. The number of hydrogen-bond donors (Lipinski definition) is 0. The van der Waals surface area contributed by atoms with Gasteiger partial charge in [-0.1, -0.05) is 19.1 Å². The first-order valence-electron chi connectivity index (χ1n) is 7.11. The van der Waals surface area contributed by atoms with Gasteiger partial charge in [0.05, 0.1) is 6.54 Å². The van der Waals surface area contributed by atoms with Crippen molar-refractivity contribution in [1.29, 1.82) is 0 Å². The Bertz CT molecular complexity index is 899. The largest absolute Gasteiger partial charge is 0.423 e. The standard InChI is InChI=1S/C16H14N2O5/c1-3-9-4-5-11-10(7-13(19)23-12(11)6-9)8-18-15(21)14(20)17(2)16(18)22/h4-7H,3,8H2,1-2H3. The summed E-state index contributed by atoms with van der Waals surface area (Å²) in [5.41, 5.74) is 1.29. The molecule has 0 atom stereocenters. The van der Waals surface area contributed by atoms with Gasteiger partial charge in [0.1, 0.15) is 5.58 Å². The normalized spacial score (nSPS) is 15.1. The summed E-state index contributed by atoms with van der Waals surface area (Å²) in [6.07, 6.45) is 0.784. The van der Waals surface area contributed by atoms with E-state index in [9.17, 15) is 19.2 Å². The van der Waals surface area contributed by atoms with E-state index in [-0.39, 0.29) is 6.54 Å². The zero-order chi connectivity index (χ0) is 16.7. The van der Waals surface area contributed by atoms with E-state index in [2.05, 4.69) is 0 Å². The molecule has 3 rings (SSSR count). The fourth-order valence-corrected chi connectivity index (χ4v) is 2.55. The van der Waals surface area contributed by atoms with Crippen LogP contribution in [0.3, 0.4) is 0 Å². The minimum absolute atomic E-state index is 0.151. The first-order valence-corrected chi connectivity index (χ1v) is 7.11. The lowest BCUT2D eigenvalue weighted by molar-refractivity contribution is -0.143. The molecular formula is C16H14N2O5. The average molecular weight is 314 g/mol. The van der Waals surface area contributed by atoms with Gasteiger partial charge in [-0.2, -0.15) is 0 Å². The van der Waals surface area contributed by atoms with Crippen molar-refractivity contribution in [3.05, 3.63) is 45.8 Å². The molecule has 1 aromatic heterocycles. The first-order chi connectivity index (χ1) is 10.9. The Kier molecular flexibility index (Phi) is 3.48. The molecule has 0 unspecified atom stereocenters. The van der Waals surface area contributed by atoms with Crippen LogP contribution in [0.1, 0.15) is 18.1 Å². The second-order valence-electron chi connectivity index (χ2n) is 5.31. The lowest BCUT2D eigenvalue weighted by Crippen LogP contribution is -2.31. The van der Waals surface area contributed by atoms with Gasteiger partial charge in [-0.15, -0.1) is 0 Å². The minimum Gasteiger partial charge on any atom is -0.423 e. The molecular weight excluding hydrogens is 300 g/mol. The van der Waals surface area contributed by atoms with Crippen LogP contribution in [-0.4, -0.2) is 34.7 Å². The van der Waals surface area contributed by atoms with Crippen LogP contribution in [0.15, 0.2) is 33.5 Å². The molecule has 1 aromatic carbocycles. The van der Waals surface area contributed by atoms with E-state index in [4.69, 9.17) is 4.42 Å². The molecule has 23 heavy (non-hydrogen) atoms. The number of imide groups is 2. The lowest BCUT2D eigenvalue weighted by Gasteiger charge is -2.14. The molecule has 1 saturated heterocycles. The number of urea groups is 1. The second kappa shape index (κ2) is 5.35. The van der Waals surface area contributed by atoms with Gasteiger partial charge in [-0.3, -0.25) is 19.4 Å². The summed E-state index contributed by atoms with van der Waals surface area (Å²) in [6.45, 7) is 1.83. The Hall–Kier alpha value is -2.96. The van der Waals surface area contributed by atoms with E-state index >= 15 is 0 Å². The van der Waals surface area contributed by atoms with Crippen molar-refractivity contribution in [2.45, 2.75) is 19.9 Å². The third-order valence-electron chi connectivity index (χ3n) is 3.88. The Labute approximate surface area is 131 Å². The molecule has 118 valence electrons. The molecule has 1 aliphatic heterocycles. The van der Waals surface area contributed by atoms with E-state index in [1.807, 2.05) is 13.0 Å². The van der Waals surface area contributed by atoms with Crippen molar-refractivity contribution in [3.8, 4) is 0 Å². The number of likely N-dealkylation sites (N-methyl/N-ethyl adjacent to an activating group) is 1. The number of aryl methyl sites for hydroxylation is 1. The predicted molar refractivity (Wildman–Crippen MR) is 80.6 cm³/mol. The Morgan fingerprint density at radius 1 is 1.04 bits per heavy atom. The van der Waals surface area contributed by atoms with Crippen LogP contribution >= 0.6 is 0 Å². The molecule has 0 N–H and O–H groups in total. The molecule has 4 amide bonds. The highest BCUT2D eigenvalue weighted by Gasteiger charge is 2.42. The van der Waals surface area contributed by atoms with Crippen molar-refractivity contribution in [2.75, 3.05) is 7.05 Å². The zero-order valence-corrected chi connectivity index (χ0v) is 12.7. The number of benzene rings is 1. The van der Waals surface area contributed by atoms with Gasteiger partial charge in [-0.25, -0.2) is 9.59 Å². The number of carbonyl (C=O) groups excluding carboxylic acids is 3. The lowest BCUT2D eigenvalue weighted by atomic mass is 10.1. The smallest absolute Gasteiger partial charge is 0.336 e. The van der Waals surface area contributed by atoms with E-state index < -0.39 is 23.5 Å². The average Bonchev–Trinajstić information content (AvgIpc) is 2.72. The maximum absolute atomic E-state index is 12.0. The topological polar surface area (TPSA) is 87.9 Å². The third kappa shape index (κ3) is 2.40. The summed E-state index contributed by atoms with van der Waals surface area (Å²) in [4.78, 5) is 48.7. The monoisotopic (exact) mass is 314 g/mol. The zero-order valence-electron chi connectivity index (χ0n) is 12.7. The molecule has 2 aromatic rings. The van der Waals surface area contributed by atoms with Crippen LogP contribution in [0, 0.1) is 0 Å². The predicted octanol–water partition coefficient (Wildman–Crippen LogP) is 1.28. The van der Waals surface area contributed by atoms with Crippen molar-refractivity contribution in [2.24, 2.45) is 0 Å². The molecule has 0 bridgehead atoms. The van der Waals surface area contributed by atoms with Gasteiger partial charge >= 0.3 is 23.5 Å². The number of amides is 4. The summed E-state index contributed by atoms with van der Waals surface area (Å²) >= 11 is 0.